The molecule has 11 nitrogen and oxygen atoms in total. The van der Waals surface area contributed by atoms with Gasteiger partial charge in [0.15, 0.2) is 11.7 Å². The van der Waals surface area contributed by atoms with Crippen molar-refractivity contribution in [2.45, 2.75) is 135 Å². The predicted octanol–water partition coefficient (Wildman–Crippen LogP) is 16.5. The number of hydrogen-bond donors (Lipinski definition) is 3. The number of carbonyl (C=O) groups is 4. The number of nitrogens with one attached hydrogen (secondary N) is 3. The normalized spacial score (nSPS) is 23.5. The molecule has 2 aliphatic carbocycles. The van der Waals surface area contributed by atoms with Crippen LogP contribution in [0.4, 0.5) is 11.6 Å². The highest BCUT2D eigenvalue weighted by molar-refractivity contribution is 6.45. The van der Waals surface area contributed by atoms with Gasteiger partial charge >= 0.3 is 11.9 Å². The zero-order valence-electron chi connectivity index (χ0n) is 48.4. The van der Waals surface area contributed by atoms with Crippen LogP contribution in [-0.2, 0) is 14.3 Å². The third kappa shape index (κ3) is 13.3. The summed E-state index contributed by atoms with van der Waals surface area (Å²) in [6, 6.07) is 31.5. The number of amides is 2. The van der Waals surface area contributed by atoms with Crippen LogP contribution in [0, 0.1) is 57.2 Å². The van der Waals surface area contributed by atoms with Crippen molar-refractivity contribution in [2.24, 2.45) is 67.2 Å². The van der Waals surface area contributed by atoms with E-state index in [2.05, 4.69) is 113 Å². The van der Waals surface area contributed by atoms with Gasteiger partial charge in [0.1, 0.15) is 35.0 Å². The molecule has 2 amide bonds. The monoisotopic (exact) mass is 1110 g/mol. The summed E-state index contributed by atoms with van der Waals surface area (Å²) in [6.07, 6.45) is 2.50. The summed E-state index contributed by atoms with van der Waals surface area (Å²) in [5, 5.41) is 6.90. The first-order valence-corrected chi connectivity index (χ1v) is 28.6. The van der Waals surface area contributed by atoms with E-state index in [1.807, 2.05) is 60.7 Å². The second kappa shape index (κ2) is 23.0. The van der Waals surface area contributed by atoms with Crippen LogP contribution in [-0.4, -0.2) is 52.6 Å². The lowest BCUT2D eigenvalue weighted by Crippen LogP contribution is -2.50. The van der Waals surface area contributed by atoms with Crippen LogP contribution < -0.4 is 10.6 Å². The highest BCUT2D eigenvalue weighted by Gasteiger charge is 2.51. The molecule has 2 saturated carbocycles. The van der Waals surface area contributed by atoms with Crippen molar-refractivity contribution in [2.75, 3.05) is 5.32 Å². The van der Waals surface area contributed by atoms with E-state index in [9.17, 15) is 9.59 Å². The van der Waals surface area contributed by atoms with Gasteiger partial charge in [-0.2, -0.15) is 0 Å². The fourth-order valence-corrected chi connectivity index (χ4v) is 12.5. The standard InChI is InChI=1S/C66H79Cl2N5O6/c1-37-33-45(63(3,4)5)53(46(34-37)64(6,7)8)78-61(76)51-49(39-21-17-15-18-22-39)55(70-57(51)72-59(74)41-25-29-43(67)30-26-41)69-56-50(40-23-19-16-20-24-40)52(58(71-56)73-60(75)42-27-31-44(68)32-28-42)62(77)79-54-47(65(9,10)11)35-38(2)36-48(54)66(12,13)14/h15-32,37-38,45-48,53-54,70H,33-36H2,1-14H3,(H,72,74)(H,69,71,73,75). The summed E-state index contributed by atoms with van der Waals surface area (Å²) in [7, 11) is 0. The molecule has 0 radical (unpaired) electrons. The van der Waals surface area contributed by atoms with E-state index in [1.165, 1.54) is 0 Å². The van der Waals surface area contributed by atoms with Crippen LogP contribution in [0.3, 0.4) is 0 Å². The number of ether oxygens (including phenoxy) is 2. The predicted molar refractivity (Wildman–Crippen MR) is 320 cm³/mol. The average Bonchev–Trinajstić information content (AvgIpc) is 3.91. The van der Waals surface area contributed by atoms with E-state index in [0.29, 0.717) is 49.7 Å². The lowest BCUT2D eigenvalue weighted by molar-refractivity contribution is -0.164. The Kier molecular flexibility index (Phi) is 17.2. The first kappa shape index (κ1) is 58.8. The van der Waals surface area contributed by atoms with E-state index >= 15 is 9.59 Å². The molecule has 79 heavy (non-hydrogen) atoms. The largest absolute Gasteiger partial charge is 0.458 e. The first-order chi connectivity index (χ1) is 37.0. The molecular weight excluding hydrogens is 1030 g/mol. The number of hydrogen-bond acceptors (Lipinski definition) is 7. The van der Waals surface area contributed by atoms with Gasteiger partial charge in [-0.1, -0.05) is 181 Å². The summed E-state index contributed by atoms with van der Waals surface area (Å²) >= 11 is 12.6. The summed E-state index contributed by atoms with van der Waals surface area (Å²) in [5.41, 5.74) is 1.55. The number of amidine groups is 2. The van der Waals surface area contributed by atoms with Crippen LogP contribution in [0.1, 0.15) is 159 Å². The number of H-pyrrole nitrogens is 1. The van der Waals surface area contributed by atoms with Crippen LogP contribution in [0.15, 0.2) is 125 Å². The Bertz CT molecular complexity index is 3100. The Hall–Kier alpha value is -6.30. The fraction of sp³-hybridized carbons (Fsp3) is 0.455. The lowest BCUT2D eigenvalue weighted by atomic mass is 9.59. The highest BCUT2D eigenvalue weighted by atomic mass is 35.5. The minimum absolute atomic E-state index is 0.00480. The van der Waals surface area contributed by atoms with Crippen molar-refractivity contribution in [3.8, 4) is 11.1 Å². The number of aromatic amines is 1. The third-order valence-corrected chi connectivity index (χ3v) is 17.0. The number of rotatable bonds is 10. The molecule has 1 aromatic heterocycles. The molecule has 0 spiro atoms. The molecule has 4 unspecified atom stereocenters. The second-order valence-electron chi connectivity index (χ2n) is 26.7. The second-order valence-corrected chi connectivity index (χ2v) is 27.6. The minimum Gasteiger partial charge on any atom is -0.458 e. The minimum atomic E-state index is -0.666. The lowest BCUT2D eigenvalue weighted by Gasteiger charge is -2.50. The van der Waals surface area contributed by atoms with Gasteiger partial charge in [0.05, 0.1) is 0 Å². The van der Waals surface area contributed by atoms with Gasteiger partial charge in [-0.3, -0.25) is 9.59 Å². The Morgan fingerprint density at radius 2 is 0.937 bits per heavy atom. The molecule has 1 aliphatic heterocycles. The quantitative estimate of drug-likeness (QED) is 0.118. The Morgan fingerprint density at radius 3 is 1.35 bits per heavy atom. The molecule has 0 bridgehead atoms. The molecule has 3 N–H and O–H groups in total. The zero-order valence-corrected chi connectivity index (χ0v) is 50.0. The molecule has 4 atom stereocenters. The van der Waals surface area contributed by atoms with Gasteiger partial charge in [-0.05, 0) is 119 Å². The van der Waals surface area contributed by atoms with Crippen molar-refractivity contribution in [3.05, 3.63) is 147 Å². The molecule has 3 aliphatic rings. The summed E-state index contributed by atoms with van der Waals surface area (Å²) in [4.78, 5) is 73.9. The van der Waals surface area contributed by atoms with Crippen LogP contribution in [0.25, 0.3) is 16.7 Å². The zero-order chi connectivity index (χ0) is 57.5. The van der Waals surface area contributed by atoms with Gasteiger partial charge in [0.25, 0.3) is 11.8 Å². The van der Waals surface area contributed by atoms with E-state index < -0.39 is 36.0 Å². The van der Waals surface area contributed by atoms with Gasteiger partial charge in [-0.15, -0.1) is 0 Å². The third-order valence-electron chi connectivity index (χ3n) is 16.5. The topological polar surface area (TPSA) is 151 Å². The molecule has 8 rings (SSSR count). The number of halogens is 2. The molecule has 2 heterocycles. The summed E-state index contributed by atoms with van der Waals surface area (Å²) < 4.78 is 13.9. The molecule has 4 aromatic carbocycles. The Balaban J connectivity index is 1.38. The van der Waals surface area contributed by atoms with Crippen molar-refractivity contribution < 1.29 is 28.7 Å². The number of esters is 2. The summed E-state index contributed by atoms with van der Waals surface area (Å²) in [5.74, 6) is -1.38. The molecule has 13 heteroatoms. The van der Waals surface area contributed by atoms with Crippen molar-refractivity contribution in [1.29, 1.82) is 0 Å². The van der Waals surface area contributed by atoms with E-state index in [4.69, 9.17) is 42.7 Å². The number of benzene rings is 4. The maximum Gasteiger partial charge on any atom is 0.343 e. The molecule has 0 saturated heterocycles. The first-order valence-electron chi connectivity index (χ1n) is 27.8. The van der Waals surface area contributed by atoms with Gasteiger partial charge in [-0.25, -0.2) is 19.6 Å². The number of anilines is 1. The Labute approximate surface area is 477 Å². The van der Waals surface area contributed by atoms with Crippen molar-refractivity contribution >= 4 is 75.8 Å². The Morgan fingerprint density at radius 1 is 0.544 bits per heavy atom. The highest BCUT2D eigenvalue weighted by Crippen LogP contribution is 2.52. The van der Waals surface area contributed by atoms with Crippen molar-refractivity contribution in [1.82, 2.24) is 10.3 Å². The maximum atomic E-state index is 15.7. The van der Waals surface area contributed by atoms with Crippen LogP contribution in [0.5, 0.6) is 0 Å². The maximum absolute atomic E-state index is 15.7. The number of aliphatic imine (C=N–C) groups is 2. The van der Waals surface area contributed by atoms with Crippen LogP contribution in [0.2, 0.25) is 10.0 Å². The molecule has 5 aromatic rings. The van der Waals surface area contributed by atoms with Gasteiger partial charge in [0, 0.05) is 56.0 Å². The van der Waals surface area contributed by atoms with E-state index in [-0.39, 0.29) is 85.3 Å². The fourth-order valence-electron chi connectivity index (χ4n) is 12.2. The average molecular weight is 1110 g/mol. The SMILES string of the molecule is CC1CC(C(C)(C)C)C(OC(=O)C2=C(c3ccccc3)C(=Nc3[nH]c(NC(=O)c4ccc(Cl)cc4)c(C(=O)OC4C(C(C)(C)C)CC(C)CC4C(C)(C)C)c3-c3ccccc3)N=C2NC(=O)c2ccc(Cl)cc2)C(C(C)(C)C)C1. The molecular formula is C66H79Cl2N5O6. The molecule has 418 valence electrons. The van der Waals surface area contributed by atoms with Crippen LogP contribution >= 0.6 is 23.2 Å². The van der Waals surface area contributed by atoms with E-state index in [0.717, 1.165) is 25.7 Å². The summed E-state index contributed by atoms with van der Waals surface area (Å²) in [6.45, 7) is 30.9. The number of carbonyl (C=O) groups excluding carboxylic acids is 4. The van der Waals surface area contributed by atoms with Gasteiger partial charge in [0.2, 0.25) is 0 Å². The molecule has 2 fully saturated rings. The number of aromatic nitrogens is 1. The van der Waals surface area contributed by atoms with Gasteiger partial charge < -0.3 is 25.1 Å². The number of nitrogens with zero attached hydrogens (tertiary/aromatic N) is 2. The van der Waals surface area contributed by atoms with E-state index in [1.54, 1.807) is 48.5 Å². The smallest absolute Gasteiger partial charge is 0.343 e. The van der Waals surface area contributed by atoms with Crippen molar-refractivity contribution in [3.63, 3.8) is 0 Å².